The van der Waals surface area contributed by atoms with Crippen LogP contribution in [0.2, 0.25) is 0 Å². The van der Waals surface area contributed by atoms with E-state index in [2.05, 4.69) is 63.9 Å². The Hall–Kier alpha value is -1.26. The van der Waals surface area contributed by atoms with Gasteiger partial charge in [-0.25, -0.2) is 0 Å². The molecule has 0 aliphatic heterocycles. The Morgan fingerprint density at radius 3 is 1.59 bits per heavy atom. The van der Waals surface area contributed by atoms with Gasteiger partial charge in [0, 0.05) is 12.3 Å². The van der Waals surface area contributed by atoms with Gasteiger partial charge in [-0.3, -0.25) is 9.56 Å². The zero-order chi connectivity index (χ0) is 26.2. The van der Waals surface area contributed by atoms with Crippen molar-refractivity contribution < 1.29 is 19.5 Å². The number of aliphatic imine (C=N–C) groups is 1. The first-order valence-electron chi connectivity index (χ1n) is 12.6. The van der Waals surface area contributed by atoms with E-state index >= 15 is 0 Å². The Morgan fingerprint density at radius 2 is 1.18 bits per heavy atom. The van der Waals surface area contributed by atoms with Gasteiger partial charge in [-0.1, -0.05) is 46.6 Å². The normalized spacial score (nSPS) is 15.9. The van der Waals surface area contributed by atoms with Gasteiger partial charge in [0.05, 0.1) is 0 Å². The highest BCUT2D eigenvalue weighted by Gasteiger charge is 2.39. The SMILES string of the molecule is CC(C)=CCC/C(C)=C/CC/C(C)=C/CC/C(C)=C/CC/C(C)=N\CCCC(C)(O)P(=O)(O)O. The first-order chi connectivity index (χ1) is 15.7. The third-order valence-electron chi connectivity index (χ3n) is 5.97. The minimum Gasteiger partial charge on any atom is -0.378 e. The van der Waals surface area contributed by atoms with Gasteiger partial charge in [0.2, 0.25) is 0 Å². The molecule has 0 spiro atoms. The van der Waals surface area contributed by atoms with Crippen LogP contribution < -0.4 is 0 Å². The molecular weight excluding hydrogens is 445 g/mol. The number of nitrogens with zero attached hydrogens (tertiary/aromatic N) is 1. The minimum atomic E-state index is -4.50. The third-order valence-corrected chi connectivity index (χ3v) is 7.45. The van der Waals surface area contributed by atoms with Crippen LogP contribution in [0.25, 0.3) is 0 Å². The summed E-state index contributed by atoms with van der Waals surface area (Å²) in [5, 5.41) is 7.84. The number of hydrogen-bond acceptors (Lipinski definition) is 3. The van der Waals surface area contributed by atoms with E-state index in [4.69, 9.17) is 9.79 Å². The molecule has 34 heavy (non-hydrogen) atoms. The van der Waals surface area contributed by atoms with E-state index in [1.165, 1.54) is 29.2 Å². The zero-order valence-corrected chi connectivity index (χ0v) is 23.6. The van der Waals surface area contributed by atoms with Crippen molar-refractivity contribution in [2.75, 3.05) is 6.54 Å². The summed E-state index contributed by atoms with van der Waals surface area (Å²) in [5.41, 5.74) is 6.76. The maximum atomic E-state index is 11.2. The van der Waals surface area contributed by atoms with E-state index in [-0.39, 0.29) is 6.42 Å². The van der Waals surface area contributed by atoms with Gasteiger partial charge in [-0.05, 0) is 113 Å². The molecular formula is C28H50NO4P. The summed E-state index contributed by atoms with van der Waals surface area (Å²) in [4.78, 5) is 22.7. The highest BCUT2D eigenvalue weighted by molar-refractivity contribution is 7.53. The van der Waals surface area contributed by atoms with Gasteiger partial charge in [0.25, 0.3) is 0 Å². The van der Waals surface area contributed by atoms with Gasteiger partial charge in [0.15, 0.2) is 5.34 Å². The molecule has 0 heterocycles. The predicted molar refractivity (Wildman–Crippen MR) is 148 cm³/mol. The maximum Gasteiger partial charge on any atom is 0.356 e. The van der Waals surface area contributed by atoms with Crippen molar-refractivity contribution in [3.8, 4) is 0 Å². The van der Waals surface area contributed by atoms with Crippen LogP contribution in [0.1, 0.15) is 113 Å². The second kappa shape index (κ2) is 17.2. The Balaban J connectivity index is 4.17. The summed E-state index contributed by atoms with van der Waals surface area (Å²) in [6.07, 6.45) is 18.3. The Kier molecular flexibility index (Phi) is 16.6. The second-order valence-electron chi connectivity index (χ2n) is 10.1. The fraction of sp³-hybridized carbons (Fsp3) is 0.679. The van der Waals surface area contributed by atoms with Crippen LogP contribution in [0.3, 0.4) is 0 Å². The lowest BCUT2D eigenvalue weighted by molar-refractivity contribution is 0.0986. The van der Waals surface area contributed by atoms with Gasteiger partial charge in [-0.15, -0.1) is 0 Å². The van der Waals surface area contributed by atoms with E-state index < -0.39 is 12.9 Å². The van der Waals surface area contributed by atoms with Crippen molar-refractivity contribution in [3.05, 3.63) is 46.6 Å². The summed E-state index contributed by atoms with van der Waals surface area (Å²) in [6.45, 7) is 14.6. The molecule has 0 fully saturated rings. The van der Waals surface area contributed by atoms with Crippen LogP contribution in [0.15, 0.2) is 51.6 Å². The minimum absolute atomic E-state index is 0.0339. The standard InChI is InChI=1S/C28H50NO4P/c1-23(2)13-8-14-24(3)15-9-16-25(4)17-10-18-26(5)19-11-20-27(6)29-22-12-21-28(7,30)34(31,32)33/h13,15,17,19,30H,8-12,14,16,18,20-22H2,1-7H3,(H2,31,32,33)/b24-15+,25-17+,26-19+,29-27-. The summed E-state index contributed by atoms with van der Waals surface area (Å²) < 4.78 is 11.2. The first-order valence-corrected chi connectivity index (χ1v) is 14.2. The highest BCUT2D eigenvalue weighted by Crippen LogP contribution is 2.50. The molecule has 1 atom stereocenters. The van der Waals surface area contributed by atoms with Crippen molar-refractivity contribution in [1.29, 1.82) is 0 Å². The van der Waals surface area contributed by atoms with Gasteiger partial charge in [0.1, 0.15) is 0 Å². The molecule has 0 aromatic heterocycles. The molecule has 3 N–H and O–H groups in total. The molecule has 0 rings (SSSR count). The van der Waals surface area contributed by atoms with Crippen LogP contribution in [0, 0.1) is 0 Å². The molecule has 0 radical (unpaired) electrons. The molecule has 0 saturated carbocycles. The number of hydrogen-bond donors (Lipinski definition) is 3. The quantitative estimate of drug-likeness (QED) is 0.0824. The Labute approximate surface area is 209 Å². The van der Waals surface area contributed by atoms with Crippen molar-refractivity contribution in [1.82, 2.24) is 0 Å². The van der Waals surface area contributed by atoms with Crippen molar-refractivity contribution in [2.45, 2.75) is 118 Å². The zero-order valence-electron chi connectivity index (χ0n) is 22.7. The largest absolute Gasteiger partial charge is 0.378 e. The highest BCUT2D eigenvalue weighted by atomic mass is 31.2. The lowest BCUT2D eigenvalue weighted by Crippen LogP contribution is -2.24. The topological polar surface area (TPSA) is 90.1 Å². The summed E-state index contributed by atoms with van der Waals surface area (Å²) >= 11 is 0. The van der Waals surface area contributed by atoms with E-state index in [0.717, 1.165) is 57.1 Å². The molecule has 6 heteroatoms. The number of rotatable bonds is 17. The maximum absolute atomic E-state index is 11.2. The summed E-state index contributed by atoms with van der Waals surface area (Å²) in [5.74, 6) is 0. The van der Waals surface area contributed by atoms with E-state index in [1.54, 1.807) is 0 Å². The van der Waals surface area contributed by atoms with Gasteiger partial charge < -0.3 is 14.9 Å². The molecule has 0 aliphatic carbocycles. The fourth-order valence-electron chi connectivity index (χ4n) is 3.42. The molecule has 5 nitrogen and oxygen atoms in total. The van der Waals surface area contributed by atoms with Crippen LogP contribution in [-0.2, 0) is 4.57 Å². The number of allylic oxidation sites excluding steroid dienone is 8. The summed E-state index contributed by atoms with van der Waals surface area (Å²) in [6, 6.07) is 0. The van der Waals surface area contributed by atoms with Crippen molar-refractivity contribution in [2.24, 2.45) is 4.99 Å². The predicted octanol–water partition coefficient (Wildman–Crippen LogP) is 8.04. The van der Waals surface area contributed by atoms with E-state index in [9.17, 15) is 9.67 Å². The van der Waals surface area contributed by atoms with Crippen LogP contribution in [0.5, 0.6) is 0 Å². The molecule has 0 aromatic rings. The van der Waals surface area contributed by atoms with Crippen molar-refractivity contribution >= 4 is 13.3 Å². The van der Waals surface area contributed by atoms with Crippen LogP contribution >= 0.6 is 7.60 Å². The molecule has 1 unspecified atom stereocenters. The molecule has 0 aliphatic rings. The Bertz CT molecular complexity index is 793. The van der Waals surface area contributed by atoms with Gasteiger partial charge in [-0.2, -0.15) is 0 Å². The van der Waals surface area contributed by atoms with Crippen LogP contribution in [-0.4, -0.2) is 32.5 Å². The fourth-order valence-corrected chi connectivity index (χ4v) is 3.87. The molecule has 0 saturated heterocycles. The second-order valence-corrected chi connectivity index (χ2v) is 12.1. The van der Waals surface area contributed by atoms with Gasteiger partial charge >= 0.3 is 7.60 Å². The molecule has 0 amide bonds. The van der Waals surface area contributed by atoms with E-state index in [1.807, 2.05) is 6.92 Å². The van der Waals surface area contributed by atoms with E-state index in [0.29, 0.717) is 13.0 Å². The van der Waals surface area contributed by atoms with Crippen LogP contribution in [0.4, 0.5) is 0 Å². The third kappa shape index (κ3) is 17.2. The average Bonchev–Trinajstić information content (AvgIpc) is 2.70. The average molecular weight is 496 g/mol. The molecule has 0 aromatic carbocycles. The lowest BCUT2D eigenvalue weighted by atomic mass is 10.0. The molecule has 196 valence electrons. The first kappa shape index (κ1) is 32.7. The lowest BCUT2D eigenvalue weighted by Gasteiger charge is -2.23. The summed E-state index contributed by atoms with van der Waals surface area (Å²) in [7, 11) is -4.50. The molecule has 0 bridgehead atoms. The number of aliphatic hydroxyl groups is 1. The Morgan fingerprint density at radius 1 is 0.765 bits per heavy atom. The van der Waals surface area contributed by atoms with Crippen molar-refractivity contribution in [3.63, 3.8) is 0 Å². The monoisotopic (exact) mass is 495 g/mol. The smallest absolute Gasteiger partial charge is 0.356 e.